The molecular formula is C13H9BrCl2N2O. The Morgan fingerprint density at radius 3 is 2.84 bits per heavy atom. The van der Waals surface area contributed by atoms with Crippen LogP contribution in [0.5, 0.6) is 0 Å². The standard InChI is InChI=1S/C13H9BrCl2N2O/c14-7-1-2-8(10(15)5-7)13-17-11-3-4-19-6-9(11)12(16)18-13/h1-2,5H,3-4,6H2. The summed E-state index contributed by atoms with van der Waals surface area (Å²) in [6, 6.07) is 5.60. The molecule has 1 aliphatic rings. The van der Waals surface area contributed by atoms with Gasteiger partial charge in [-0.2, -0.15) is 0 Å². The Labute approximate surface area is 129 Å². The highest BCUT2D eigenvalue weighted by atomic mass is 79.9. The maximum Gasteiger partial charge on any atom is 0.162 e. The second-order valence-corrected chi connectivity index (χ2v) is 5.87. The largest absolute Gasteiger partial charge is 0.376 e. The van der Waals surface area contributed by atoms with Crippen molar-refractivity contribution in [2.45, 2.75) is 13.0 Å². The number of hydrogen-bond acceptors (Lipinski definition) is 3. The van der Waals surface area contributed by atoms with Gasteiger partial charge in [0.25, 0.3) is 0 Å². The van der Waals surface area contributed by atoms with Gasteiger partial charge in [0.2, 0.25) is 0 Å². The summed E-state index contributed by atoms with van der Waals surface area (Å²) in [4.78, 5) is 8.88. The van der Waals surface area contributed by atoms with Crippen LogP contribution in [0.3, 0.4) is 0 Å². The molecule has 3 rings (SSSR count). The molecule has 0 bridgehead atoms. The van der Waals surface area contributed by atoms with Crippen molar-refractivity contribution in [3.8, 4) is 11.4 Å². The summed E-state index contributed by atoms with van der Waals surface area (Å²) in [7, 11) is 0. The topological polar surface area (TPSA) is 35.0 Å². The van der Waals surface area contributed by atoms with Crippen LogP contribution in [-0.2, 0) is 17.8 Å². The van der Waals surface area contributed by atoms with Crippen LogP contribution in [0, 0.1) is 0 Å². The third-order valence-corrected chi connectivity index (χ3v) is 4.06. The molecule has 2 aromatic rings. The Morgan fingerprint density at radius 1 is 1.21 bits per heavy atom. The van der Waals surface area contributed by atoms with Crippen molar-refractivity contribution in [1.82, 2.24) is 9.97 Å². The number of rotatable bonds is 1. The van der Waals surface area contributed by atoms with E-state index in [1.165, 1.54) is 0 Å². The zero-order valence-corrected chi connectivity index (χ0v) is 12.9. The van der Waals surface area contributed by atoms with Crippen molar-refractivity contribution in [2.24, 2.45) is 0 Å². The summed E-state index contributed by atoms with van der Waals surface area (Å²) in [5.74, 6) is 0.558. The van der Waals surface area contributed by atoms with Crippen molar-refractivity contribution < 1.29 is 4.74 Å². The predicted molar refractivity (Wildman–Crippen MR) is 78.5 cm³/mol. The first-order valence-corrected chi connectivity index (χ1v) is 7.28. The van der Waals surface area contributed by atoms with Crippen LogP contribution >= 0.6 is 39.1 Å². The van der Waals surface area contributed by atoms with E-state index in [1.54, 1.807) is 0 Å². The van der Waals surface area contributed by atoms with Gasteiger partial charge >= 0.3 is 0 Å². The zero-order valence-electron chi connectivity index (χ0n) is 9.79. The van der Waals surface area contributed by atoms with Crippen LogP contribution < -0.4 is 0 Å². The number of hydrogen-bond donors (Lipinski definition) is 0. The van der Waals surface area contributed by atoms with E-state index in [0.29, 0.717) is 29.2 Å². The van der Waals surface area contributed by atoms with Crippen LogP contribution in [-0.4, -0.2) is 16.6 Å². The van der Waals surface area contributed by atoms with Gasteiger partial charge in [0.05, 0.1) is 23.9 Å². The Bertz CT molecular complexity index is 649. The Balaban J connectivity index is 2.13. The molecule has 0 saturated heterocycles. The van der Waals surface area contributed by atoms with E-state index in [4.69, 9.17) is 27.9 Å². The van der Waals surface area contributed by atoms with Gasteiger partial charge in [-0.05, 0) is 18.2 Å². The summed E-state index contributed by atoms with van der Waals surface area (Å²) >= 11 is 15.8. The molecule has 19 heavy (non-hydrogen) atoms. The monoisotopic (exact) mass is 358 g/mol. The number of benzene rings is 1. The zero-order chi connectivity index (χ0) is 13.4. The molecule has 0 unspecified atom stereocenters. The molecule has 98 valence electrons. The molecule has 0 aliphatic carbocycles. The fourth-order valence-corrected chi connectivity index (χ4v) is 2.99. The molecule has 1 aromatic carbocycles. The fourth-order valence-electron chi connectivity index (χ4n) is 1.98. The summed E-state index contributed by atoms with van der Waals surface area (Å²) in [5.41, 5.74) is 2.60. The minimum absolute atomic E-state index is 0.443. The lowest BCUT2D eigenvalue weighted by Crippen LogP contribution is -2.14. The van der Waals surface area contributed by atoms with Crippen LogP contribution in [0.1, 0.15) is 11.3 Å². The van der Waals surface area contributed by atoms with E-state index in [9.17, 15) is 0 Å². The molecule has 1 aliphatic heterocycles. The van der Waals surface area contributed by atoms with Crippen LogP contribution in [0.15, 0.2) is 22.7 Å². The molecule has 0 amide bonds. The van der Waals surface area contributed by atoms with Crippen molar-refractivity contribution in [1.29, 1.82) is 0 Å². The number of fused-ring (bicyclic) bond motifs is 1. The highest BCUT2D eigenvalue weighted by molar-refractivity contribution is 9.10. The van der Waals surface area contributed by atoms with Gasteiger partial charge < -0.3 is 4.74 Å². The summed E-state index contributed by atoms with van der Waals surface area (Å²) in [6.07, 6.45) is 0.749. The maximum atomic E-state index is 6.22. The smallest absolute Gasteiger partial charge is 0.162 e. The number of halogens is 3. The molecule has 0 fully saturated rings. The van der Waals surface area contributed by atoms with E-state index in [2.05, 4.69) is 25.9 Å². The van der Waals surface area contributed by atoms with Gasteiger partial charge in [-0.25, -0.2) is 9.97 Å². The molecule has 0 spiro atoms. The lowest BCUT2D eigenvalue weighted by molar-refractivity contribution is 0.109. The number of nitrogens with zero attached hydrogens (tertiary/aromatic N) is 2. The van der Waals surface area contributed by atoms with Gasteiger partial charge in [0, 0.05) is 22.0 Å². The Morgan fingerprint density at radius 2 is 2.05 bits per heavy atom. The van der Waals surface area contributed by atoms with Gasteiger partial charge in [0.15, 0.2) is 5.82 Å². The first-order chi connectivity index (χ1) is 9.15. The fraction of sp³-hybridized carbons (Fsp3) is 0.231. The first-order valence-electron chi connectivity index (χ1n) is 5.73. The minimum atomic E-state index is 0.443. The van der Waals surface area contributed by atoms with Crippen molar-refractivity contribution in [3.05, 3.63) is 44.1 Å². The van der Waals surface area contributed by atoms with E-state index < -0.39 is 0 Å². The van der Waals surface area contributed by atoms with Crippen LogP contribution in [0.25, 0.3) is 11.4 Å². The van der Waals surface area contributed by atoms with E-state index in [-0.39, 0.29) is 0 Å². The first kappa shape index (κ1) is 13.3. The Hall–Kier alpha value is -0.680. The third-order valence-electron chi connectivity index (χ3n) is 2.94. The van der Waals surface area contributed by atoms with Crippen LogP contribution in [0.4, 0.5) is 0 Å². The molecule has 0 atom stereocenters. The molecule has 0 radical (unpaired) electrons. The second-order valence-electron chi connectivity index (χ2n) is 4.19. The molecule has 1 aromatic heterocycles. The summed E-state index contributed by atoms with van der Waals surface area (Å²) in [6.45, 7) is 1.14. The highest BCUT2D eigenvalue weighted by Gasteiger charge is 2.18. The molecule has 0 N–H and O–H groups in total. The second kappa shape index (κ2) is 5.37. The molecule has 2 heterocycles. The van der Waals surface area contributed by atoms with E-state index in [0.717, 1.165) is 27.7 Å². The average Bonchev–Trinajstić information content (AvgIpc) is 2.38. The van der Waals surface area contributed by atoms with Crippen LogP contribution in [0.2, 0.25) is 10.2 Å². The van der Waals surface area contributed by atoms with Crippen molar-refractivity contribution in [3.63, 3.8) is 0 Å². The van der Waals surface area contributed by atoms with Crippen molar-refractivity contribution >= 4 is 39.1 Å². The quantitative estimate of drug-likeness (QED) is 0.712. The summed E-state index contributed by atoms with van der Waals surface area (Å²) < 4.78 is 6.28. The highest BCUT2D eigenvalue weighted by Crippen LogP contribution is 2.31. The lowest BCUT2D eigenvalue weighted by atomic mass is 10.1. The lowest BCUT2D eigenvalue weighted by Gasteiger charge is -2.17. The minimum Gasteiger partial charge on any atom is -0.376 e. The third kappa shape index (κ3) is 2.63. The predicted octanol–water partition coefficient (Wildman–Crippen LogP) is 4.29. The van der Waals surface area contributed by atoms with E-state index in [1.807, 2.05) is 18.2 Å². The van der Waals surface area contributed by atoms with Gasteiger partial charge in [-0.15, -0.1) is 0 Å². The average molecular weight is 360 g/mol. The molecule has 6 heteroatoms. The number of ether oxygens (including phenoxy) is 1. The van der Waals surface area contributed by atoms with E-state index >= 15 is 0 Å². The van der Waals surface area contributed by atoms with Gasteiger partial charge in [0.1, 0.15) is 5.15 Å². The van der Waals surface area contributed by atoms with Gasteiger partial charge in [-0.3, -0.25) is 0 Å². The SMILES string of the molecule is Clc1cc(Br)ccc1-c1nc(Cl)c2c(n1)CCOC2. The summed E-state index contributed by atoms with van der Waals surface area (Å²) in [5, 5.41) is 1.04. The Kier molecular flexibility index (Phi) is 3.76. The number of aromatic nitrogens is 2. The van der Waals surface area contributed by atoms with Crippen molar-refractivity contribution in [2.75, 3.05) is 6.61 Å². The molecular weight excluding hydrogens is 351 g/mol. The molecule has 3 nitrogen and oxygen atoms in total. The maximum absolute atomic E-state index is 6.22. The molecule has 0 saturated carbocycles. The normalized spacial score (nSPS) is 14.3. The van der Waals surface area contributed by atoms with Gasteiger partial charge in [-0.1, -0.05) is 39.1 Å².